The van der Waals surface area contributed by atoms with E-state index in [1.807, 2.05) is 12.1 Å². The SMILES string of the molecule is C/C(=C\COC(=O)C(O)c1ccccc1)CCC[C@H](C)CCC[C@H](C)CCCC(C)C. The molecule has 176 valence electrons. The van der Waals surface area contributed by atoms with E-state index in [0.717, 1.165) is 24.2 Å². The topological polar surface area (TPSA) is 46.5 Å². The molecule has 0 fully saturated rings. The second kappa shape index (κ2) is 16.1. The Kier molecular flexibility index (Phi) is 14.2. The van der Waals surface area contributed by atoms with E-state index < -0.39 is 12.1 Å². The lowest BCUT2D eigenvalue weighted by molar-refractivity contribution is -0.152. The first-order chi connectivity index (χ1) is 14.8. The summed E-state index contributed by atoms with van der Waals surface area (Å²) in [6, 6.07) is 8.89. The summed E-state index contributed by atoms with van der Waals surface area (Å²) in [7, 11) is 0. The molecular formula is C28H46O3. The number of hydrogen-bond donors (Lipinski definition) is 1. The molecule has 0 aromatic heterocycles. The number of esters is 1. The molecule has 3 nitrogen and oxygen atoms in total. The molecule has 0 amide bonds. The Labute approximate surface area is 191 Å². The highest BCUT2D eigenvalue weighted by molar-refractivity contribution is 5.76. The molecule has 0 aliphatic rings. The van der Waals surface area contributed by atoms with Crippen LogP contribution >= 0.6 is 0 Å². The van der Waals surface area contributed by atoms with Gasteiger partial charge in [0, 0.05) is 0 Å². The number of benzene rings is 1. The average molecular weight is 431 g/mol. The Morgan fingerprint density at radius 3 is 2.03 bits per heavy atom. The summed E-state index contributed by atoms with van der Waals surface area (Å²) < 4.78 is 5.21. The number of rotatable bonds is 16. The molecule has 0 saturated carbocycles. The average Bonchev–Trinajstić information content (AvgIpc) is 2.73. The van der Waals surface area contributed by atoms with Crippen LogP contribution in [0.15, 0.2) is 42.0 Å². The van der Waals surface area contributed by atoms with E-state index in [-0.39, 0.29) is 6.61 Å². The standard InChI is InChI=1S/C28H46O3/c1-22(2)12-9-13-23(3)14-10-15-24(4)16-11-17-25(5)20-21-31-28(30)27(29)26-18-7-6-8-19-26/h6-8,18-20,22-24,27,29H,9-17,21H2,1-5H3/b25-20+/t23-,24-,27?/m1/s1. The van der Waals surface area contributed by atoms with Gasteiger partial charge in [-0.2, -0.15) is 0 Å². The Morgan fingerprint density at radius 1 is 0.903 bits per heavy atom. The molecule has 0 heterocycles. The van der Waals surface area contributed by atoms with Gasteiger partial charge in [-0.1, -0.05) is 109 Å². The lowest BCUT2D eigenvalue weighted by Gasteiger charge is -2.15. The van der Waals surface area contributed by atoms with Gasteiger partial charge in [0.2, 0.25) is 0 Å². The van der Waals surface area contributed by atoms with Gasteiger partial charge >= 0.3 is 5.97 Å². The van der Waals surface area contributed by atoms with Crippen molar-refractivity contribution in [3.05, 3.63) is 47.5 Å². The van der Waals surface area contributed by atoms with E-state index in [9.17, 15) is 9.90 Å². The smallest absolute Gasteiger partial charge is 0.339 e. The van der Waals surface area contributed by atoms with Crippen molar-refractivity contribution in [3.63, 3.8) is 0 Å². The van der Waals surface area contributed by atoms with Crippen molar-refractivity contribution in [3.8, 4) is 0 Å². The fourth-order valence-electron chi connectivity index (χ4n) is 3.93. The first-order valence-electron chi connectivity index (χ1n) is 12.3. The molecule has 0 radical (unpaired) electrons. The van der Waals surface area contributed by atoms with Crippen molar-refractivity contribution in [1.29, 1.82) is 0 Å². The fraction of sp³-hybridized carbons (Fsp3) is 0.679. The Bertz CT molecular complexity index is 620. The quantitative estimate of drug-likeness (QED) is 0.216. The van der Waals surface area contributed by atoms with Gasteiger partial charge in [0.1, 0.15) is 6.61 Å². The molecular weight excluding hydrogens is 384 g/mol. The molecule has 3 atom stereocenters. The second-order valence-corrected chi connectivity index (χ2v) is 9.85. The van der Waals surface area contributed by atoms with Gasteiger partial charge < -0.3 is 9.84 Å². The number of aliphatic hydroxyl groups is 1. The van der Waals surface area contributed by atoms with Crippen LogP contribution in [-0.4, -0.2) is 17.7 Å². The monoisotopic (exact) mass is 430 g/mol. The zero-order valence-corrected chi connectivity index (χ0v) is 20.6. The van der Waals surface area contributed by atoms with Crippen molar-refractivity contribution >= 4 is 5.97 Å². The lowest BCUT2D eigenvalue weighted by Crippen LogP contribution is -2.15. The highest BCUT2D eigenvalue weighted by Gasteiger charge is 2.17. The summed E-state index contributed by atoms with van der Waals surface area (Å²) >= 11 is 0. The third-order valence-electron chi connectivity index (χ3n) is 6.14. The van der Waals surface area contributed by atoms with Crippen LogP contribution in [0.5, 0.6) is 0 Å². The van der Waals surface area contributed by atoms with Gasteiger partial charge in [0.05, 0.1) is 0 Å². The van der Waals surface area contributed by atoms with E-state index in [0.29, 0.717) is 5.56 Å². The van der Waals surface area contributed by atoms with Crippen LogP contribution in [0.1, 0.15) is 104 Å². The van der Waals surface area contributed by atoms with Gasteiger partial charge in [-0.3, -0.25) is 0 Å². The van der Waals surface area contributed by atoms with E-state index in [1.54, 1.807) is 24.3 Å². The first-order valence-corrected chi connectivity index (χ1v) is 12.3. The minimum Gasteiger partial charge on any atom is -0.459 e. The predicted octanol–water partition coefficient (Wildman–Crippen LogP) is 7.65. The Hall–Kier alpha value is -1.61. The van der Waals surface area contributed by atoms with E-state index in [1.165, 1.54) is 56.9 Å². The third kappa shape index (κ3) is 13.4. The second-order valence-electron chi connectivity index (χ2n) is 9.85. The molecule has 0 spiro atoms. The molecule has 1 N–H and O–H groups in total. The molecule has 1 rings (SSSR count). The van der Waals surface area contributed by atoms with Crippen molar-refractivity contribution < 1.29 is 14.6 Å². The fourth-order valence-corrected chi connectivity index (χ4v) is 3.93. The van der Waals surface area contributed by atoms with Crippen LogP contribution in [0.25, 0.3) is 0 Å². The van der Waals surface area contributed by atoms with Gasteiger partial charge in [-0.25, -0.2) is 4.79 Å². The highest BCUT2D eigenvalue weighted by Crippen LogP contribution is 2.22. The summed E-state index contributed by atoms with van der Waals surface area (Å²) in [4.78, 5) is 12.0. The largest absolute Gasteiger partial charge is 0.459 e. The minimum atomic E-state index is -1.21. The van der Waals surface area contributed by atoms with Crippen molar-refractivity contribution in [1.82, 2.24) is 0 Å². The summed E-state index contributed by atoms with van der Waals surface area (Å²) in [5.41, 5.74) is 1.81. The van der Waals surface area contributed by atoms with E-state index in [4.69, 9.17) is 4.74 Å². The number of hydrogen-bond acceptors (Lipinski definition) is 3. The molecule has 1 aromatic carbocycles. The van der Waals surface area contributed by atoms with Crippen LogP contribution in [-0.2, 0) is 9.53 Å². The molecule has 0 saturated heterocycles. The molecule has 31 heavy (non-hydrogen) atoms. The van der Waals surface area contributed by atoms with E-state index in [2.05, 4.69) is 34.6 Å². The lowest BCUT2D eigenvalue weighted by atomic mass is 9.91. The minimum absolute atomic E-state index is 0.221. The van der Waals surface area contributed by atoms with Crippen molar-refractivity contribution in [2.24, 2.45) is 17.8 Å². The predicted molar refractivity (Wildman–Crippen MR) is 131 cm³/mol. The Balaban J connectivity index is 2.12. The normalized spacial score (nSPS) is 15.0. The number of carbonyl (C=O) groups is 1. The maximum Gasteiger partial charge on any atom is 0.339 e. The Morgan fingerprint density at radius 2 is 1.45 bits per heavy atom. The zero-order chi connectivity index (χ0) is 23.1. The summed E-state index contributed by atoms with van der Waals surface area (Å²) in [6.45, 7) is 11.7. The zero-order valence-electron chi connectivity index (χ0n) is 20.6. The molecule has 0 aliphatic carbocycles. The van der Waals surface area contributed by atoms with Crippen molar-refractivity contribution in [2.45, 2.75) is 98.5 Å². The van der Waals surface area contributed by atoms with Crippen LogP contribution in [0.4, 0.5) is 0 Å². The van der Waals surface area contributed by atoms with Crippen LogP contribution in [0.2, 0.25) is 0 Å². The summed E-state index contributed by atoms with van der Waals surface area (Å²) in [6.07, 6.45) is 12.4. The van der Waals surface area contributed by atoms with Crippen LogP contribution < -0.4 is 0 Å². The van der Waals surface area contributed by atoms with Gasteiger partial charge in [0.15, 0.2) is 6.10 Å². The molecule has 1 aromatic rings. The molecule has 3 heteroatoms. The number of ether oxygens (including phenoxy) is 1. The van der Waals surface area contributed by atoms with Crippen LogP contribution in [0, 0.1) is 17.8 Å². The number of carbonyl (C=O) groups excluding carboxylic acids is 1. The molecule has 1 unspecified atom stereocenters. The van der Waals surface area contributed by atoms with E-state index >= 15 is 0 Å². The summed E-state index contributed by atoms with van der Waals surface area (Å²) in [5, 5.41) is 10.0. The first kappa shape index (κ1) is 27.4. The number of allylic oxidation sites excluding steroid dienone is 1. The van der Waals surface area contributed by atoms with Gasteiger partial charge in [-0.15, -0.1) is 0 Å². The van der Waals surface area contributed by atoms with Crippen molar-refractivity contribution in [2.75, 3.05) is 6.61 Å². The molecule has 0 aliphatic heterocycles. The molecule has 0 bridgehead atoms. The van der Waals surface area contributed by atoms with Crippen LogP contribution in [0.3, 0.4) is 0 Å². The maximum atomic E-state index is 12.0. The summed E-state index contributed by atoms with van der Waals surface area (Å²) in [5.74, 6) is 1.87. The van der Waals surface area contributed by atoms with Gasteiger partial charge in [0.25, 0.3) is 0 Å². The third-order valence-corrected chi connectivity index (χ3v) is 6.14. The van der Waals surface area contributed by atoms with Gasteiger partial charge in [-0.05, 0) is 49.2 Å². The highest BCUT2D eigenvalue weighted by atomic mass is 16.5. The number of aliphatic hydroxyl groups excluding tert-OH is 1. The maximum absolute atomic E-state index is 12.0.